The summed E-state index contributed by atoms with van der Waals surface area (Å²) in [6.07, 6.45) is 0. The molecule has 0 bridgehead atoms. The zero-order chi connectivity index (χ0) is 18.6. The predicted octanol–water partition coefficient (Wildman–Crippen LogP) is 4.90. The zero-order valence-corrected chi connectivity index (χ0v) is 15.0. The first kappa shape index (κ1) is 17.2. The number of carbonyl (C=O) groups is 1. The second kappa shape index (κ2) is 7.60. The third-order valence-corrected chi connectivity index (χ3v) is 4.47. The topological polar surface area (TPSA) is 56.8 Å². The molecule has 136 valence electrons. The van der Waals surface area contributed by atoms with Gasteiger partial charge < -0.3 is 19.5 Å². The molecule has 3 aromatic carbocycles. The van der Waals surface area contributed by atoms with Crippen molar-refractivity contribution in [1.29, 1.82) is 0 Å². The molecular weight excluding hydrogens is 366 g/mol. The zero-order valence-electron chi connectivity index (χ0n) is 14.3. The van der Waals surface area contributed by atoms with E-state index in [9.17, 15) is 4.79 Å². The molecule has 0 saturated carbocycles. The Morgan fingerprint density at radius 1 is 1.00 bits per heavy atom. The molecule has 4 rings (SSSR count). The van der Waals surface area contributed by atoms with Crippen molar-refractivity contribution in [3.8, 4) is 17.2 Å². The second-order valence-electron chi connectivity index (χ2n) is 5.90. The molecule has 5 nitrogen and oxygen atoms in total. The summed E-state index contributed by atoms with van der Waals surface area (Å²) in [6, 6.07) is 19.8. The lowest BCUT2D eigenvalue weighted by Gasteiger charge is -2.12. The van der Waals surface area contributed by atoms with Crippen molar-refractivity contribution in [2.24, 2.45) is 0 Å². The number of carbonyl (C=O) groups excluding carboxylic acids is 1. The van der Waals surface area contributed by atoms with Crippen LogP contribution < -0.4 is 19.5 Å². The van der Waals surface area contributed by atoms with Crippen LogP contribution in [0.2, 0.25) is 5.02 Å². The summed E-state index contributed by atoms with van der Waals surface area (Å²) < 4.78 is 16.5. The summed E-state index contributed by atoms with van der Waals surface area (Å²) in [6.45, 7) is 0.458. The second-order valence-corrected chi connectivity index (χ2v) is 6.31. The monoisotopic (exact) mass is 381 g/mol. The highest BCUT2D eigenvalue weighted by atomic mass is 35.5. The first-order chi connectivity index (χ1) is 13.2. The normalized spacial score (nSPS) is 11.9. The highest BCUT2D eigenvalue weighted by Crippen LogP contribution is 2.34. The van der Waals surface area contributed by atoms with E-state index in [1.807, 2.05) is 24.3 Å². The first-order valence-electron chi connectivity index (χ1n) is 8.37. The van der Waals surface area contributed by atoms with Crippen LogP contribution in [-0.2, 0) is 6.61 Å². The molecule has 0 radical (unpaired) electrons. The molecule has 0 spiro atoms. The van der Waals surface area contributed by atoms with Crippen molar-refractivity contribution in [3.63, 3.8) is 0 Å². The summed E-state index contributed by atoms with van der Waals surface area (Å²) in [5.41, 5.74) is 1.90. The van der Waals surface area contributed by atoms with Crippen molar-refractivity contribution in [2.75, 3.05) is 12.1 Å². The summed E-state index contributed by atoms with van der Waals surface area (Å²) in [4.78, 5) is 12.7. The van der Waals surface area contributed by atoms with Gasteiger partial charge in [-0.05, 0) is 30.3 Å². The van der Waals surface area contributed by atoms with Gasteiger partial charge in [-0.2, -0.15) is 0 Å². The number of rotatable bonds is 5. The summed E-state index contributed by atoms with van der Waals surface area (Å²) in [5.74, 6) is 1.48. The summed E-state index contributed by atoms with van der Waals surface area (Å²) in [5, 5.41) is 3.48. The number of hydrogen-bond donors (Lipinski definition) is 1. The fraction of sp³-hybridized carbons (Fsp3) is 0.0952. The van der Waals surface area contributed by atoms with E-state index >= 15 is 0 Å². The quantitative estimate of drug-likeness (QED) is 0.683. The van der Waals surface area contributed by atoms with E-state index in [0.29, 0.717) is 33.5 Å². The molecule has 0 fully saturated rings. The van der Waals surface area contributed by atoms with Crippen LogP contribution in [0, 0.1) is 0 Å². The lowest BCUT2D eigenvalue weighted by Crippen LogP contribution is -2.13. The highest BCUT2D eigenvalue weighted by Gasteiger charge is 2.16. The number of ether oxygens (including phenoxy) is 3. The molecule has 1 aliphatic heterocycles. The maximum absolute atomic E-state index is 12.7. The number of anilines is 1. The lowest BCUT2D eigenvalue weighted by atomic mass is 10.1. The van der Waals surface area contributed by atoms with Crippen LogP contribution in [0.15, 0.2) is 66.7 Å². The molecule has 27 heavy (non-hydrogen) atoms. The van der Waals surface area contributed by atoms with Crippen LogP contribution in [0.3, 0.4) is 0 Å². The maximum Gasteiger partial charge on any atom is 0.259 e. The van der Waals surface area contributed by atoms with E-state index in [1.165, 1.54) is 0 Å². The molecule has 0 aromatic heterocycles. The number of nitrogens with one attached hydrogen (secondary N) is 1. The Hall–Kier alpha value is -3.18. The number of halogens is 1. The van der Waals surface area contributed by atoms with E-state index < -0.39 is 0 Å². The molecular formula is C21H16ClNO4. The van der Waals surface area contributed by atoms with Gasteiger partial charge >= 0.3 is 0 Å². The average molecular weight is 382 g/mol. The van der Waals surface area contributed by atoms with Crippen molar-refractivity contribution in [3.05, 3.63) is 82.9 Å². The third kappa shape index (κ3) is 3.83. The van der Waals surface area contributed by atoms with Gasteiger partial charge in [-0.3, -0.25) is 4.79 Å². The minimum absolute atomic E-state index is 0.186. The summed E-state index contributed by atoms with van der Waals surface area (Å²) >= 11 is 6.17. The molecule has 0 atom stereocenters. The standard InChI is InChI=1S/C21H16ClNO4/c22-17-7-3-1-5-14(17)12-25-18-8-4-2-6-16(18)21(24)23-15-9-10-19-20(11-15)27-13-26-19/h1-11H,12-13H2,(H,23,24). The van der Waals surface area contributed by atoms with Gasteiger partial charge in [-0.15, -0.1) is 0 Å². The molecule has 1 aliphatic rings. The van der Waals surface area contributed by atoms with Gasteiger partial charge in [0.15, 0.2) is 11.5 Å². The van der Waals surface area contributed by atoms with Crippen LogP contribution in [0.25, 0.3) is 0 Å². The fourth-order valence-electron chi connectivity index (χ4n) is 2.72. The molecule has 1 N–H and O–H groups in total. The first-order valence-corrected chi connectivity index (χ1v) is 8.75. The third-order valence-electron chi connectivity index (χ3n) is 4.10. The van der Waals surface area contributed by atoms with E-state index in [4.69, 9.17) is 25.8 Å². The molecule has 6 heteroatoms. The van der Waals surface area contributed by atoms with Crippen LogP contribution in [-0.4, -0.2) is 12.7 Å². The Morgan fingerprint density at radius 3 is 2.67 bits per heavy atom. The lowest BCUT2D eigenvalue weighted by molar-refractivity contribution is 0.102. The van der Waals surface area contributed by atoms with E-state index in [2.05, 4.69) is 5.32 Å². The molecule has 1 amide bonds. The van der Waals surface area contributed by atoms with Crippen LogP contribution in [0.4, 0.5) is 5.69 Å². The molecule has 1 heterocycles. The fourth-order valence-corrected chi connectivity index (χ4v) is 2.91. The number of amides is 1. The minimum atomic E-state index is -0.274. The van der Waals surface area contributed by atoms with E-state index in [1.54, 1.807) is 42.5 Å². The predicted molar refractivity (Wildman–Crippen MR) is 103 cm³/mol. The molecule has 3 aromatic rings. The molecule has 0 saturated heterocycles. The Bertz CT molecular complexity index is 989. The number of fused-ring (bicyclic) bond motifs is 1. The summed E-state index contributed by atoms with van der Waals surface area (Å²) in [7, 11) is 0. The van der Waals surface area contributed by atoms with Gasteiger partial charge in [0.2, 0.25) is 6.79 Å². The highest BCUT2D eigenvalue weighted by molar-refractivity contribution is 6.31. The Kier molecular flexibility index (Phi) is 4.85. The largest absolute Gasteiger partial charge is 0.488 e. The molecule has 0 unspecified atom stereocenters. The Morgan fingerprint density at radius 2 is 1.78 bits per heavy atom. The Balaban J connectivity index is 1.50. The van der Waals surface area contributed by atoms with E-state index in [-0.39, 0.29) is 19.3 Å². The van der Waals surface area contributed by atoms with Gasteiger partial charge in [0.1, 0.15) is 12.4 Å². The van der Waals surface area contributed by atoms with Gasteiger partial charge in [-0.25, -0.2) is 0 Å². The number of para-hydroxylation sites is 1. The van der Waals surface area contributed by atoms with Gasteiger partial charge in [0.25, 0.3) is 5.91 Å². The van der Waals surface area contributed by atoms with Gasteiger partial charge in [-0.1, -0.05) is 41.9 Å². The van der Waals surface area contributed by atoms with Crippen LogP contribution >= 0.6 is 11.6 Å². The van der Waals surface area contributed by atoms with Crippen molar-refractivity contribution in [2.45, 2.75) is 6.61 Å². The Labute approximate surface area is 161 Å². The van der Waals surface area contributed by atoms with Crippen molar-refractivity contribution >= 4 is 23.2 Å². The van der Waals surface area contributed by atoms with Crippen molar-refractivity contribution in [1.82, 2.24) is 0 Å². The van der Waals surface area contributed by atoms with Crippen LogP contribution in [0.1, 0.15) is 15.9 Å². The van der Waals surface area contributed by atoms with Crippen molar-refractivity contribution < 1.29 is 19.0 Å². The average Bonchev–Trinajstić information content (AvgIpc) is 3.15. The van der Waals surface area contributed by atoms with E-state index in [0.717, 1.165) is 5.56 Å². The molecule has 0 aliphatic carbocycles. The van der Waals surface area contributed by atoms with Gasteiger partial charge in [0, 0.05) is 22.3 Å². The van der Waals surface area contributed by atoms with Gasteiger partial charge in [0.05, 0.1) is 5.56 Å². The number of benzene rings is 3. The SMILES string of the molecule is O=C(Nc1ccc2c(c1)OCO2)c1ccccc1OCc1ccccc1Cl. The van der Waals surface area contributed by atoms with Crippen LogP contribution in [0.5, 0.6) is 17.2 Å². The number of hydrogen-bond acceptors (Lipinski definition) is 4. The minimum Gasteiger partial charge on any atom is -0.488 e. The maximum atomic E-state index is 12.7. The smallest absolute Gasteiger partial charge is 0.259 e.